The number of hydrogen-bond donors (Lipinski definition) is 1. The molecule has 1 amide bonds. The number of anilines is 1. The van der Waals surface area contributed by atoms with Crippen LogP contribution in [0.3, 0.4) is 0 Å². The normalized spacial score (nSPS) is 12.4. The predicted molar refractivity (Wildman–Crippen MR) is 134 cm³/mol. The SMILES string of the molecule is COc1ccc(OCCn2ccc(=O)c(OCC(=O)Nc3sc4c(c3C#N)CCCC4)c2C)cc1. The molecule has 1 aliphatic carbocycles. The molecule has 4 rings (SSSR count). The summed E-state index contributed by atoms with van der Waals surface area (Å²) in [5.74, 6) is 1.18. The van der Waals surface area contributed by atoms with Gasteiger partial charge in [-0.05, 0) is 62.4 Å². The lowest BCUT2D eigenvalue weighted by atomic mass is 9.96. The van der Waals surface area contributed by atoms with Crippen LogP contribution in [0, 0.1) is 18.3 Å². The number of nitrogens with zero attached hydrogens (tertiary/aromatic N) is 2. The molecule has 1 aromatic carbocycles. The second-order valence-electron chi connectivity index (χ2n) is 8.18. The molecule has 0 radical (unpaired) electrons. The fourth-order valence-electron chi connectivity index (χ4n) is 4.08. The summed E-state index contributed by atoms with van der Waals surface area (Å²) in [6, 6.07) is 10.9. The Balaban J connectivity index is 1.36. The quantitative estimate of drug-likeness (QED) is 0.482. The molecule has 0 spiro atoms. The number of carbonyl (C=O) groups is 1. The first-order valence-corrected chi connectivity index (χ1v) is 12.3. The maximum atomic E-state index is 12.6. The average molecular weight is 494 g/mol. The number of ether oxygens (including phenoxy) is 3. The van der Waals surface area contributed by atoms with Crippen molar-refractivity contribution in [3.05, 3.63) is 68.4 Å². The molecule has 0 bridgehead atoms. The van der Waals surface area contributed by atoms with Crippen molar-refractivity contribution in [1.82, 2.24) is 4.57 Å². The molecule has 1 N–H and O–H groups in total. The van der Waals surface area contributed by atoms with Gasteiger partial charge in [0.15, 0.2) is 12.4 Å². The van der Waals surface area contributed by atoms with E-state index >= 15 is 0 Å². The topological polar surface area (TPSA) is 103 Å². The summed E-state index contributed by atoms with van der Waals surface area (Å²) in [6.07, 6.45) is 5.63. The standard InChI is InChI=1S/C26H27N3O5S/c1-17-25(22(30)11-12-29(17)13-14-33-19-9-7-18(32-2)8-10-19)34-16-24(31)28-26-21(15-27)20-5-3-4-6-23(20)35-26/h7-12H,3-6,13-14,16H2,1-2H3,(H,28,31). The first-order chi connectivity index (χ1) is 17.0. The second-order valence-corrected chi connectivity index (χ2v) is 9.28. The number of benzene rings is 1. The number of rotatable bonds is 9. The summed E-state index contributed by atoms with van der Waals surface area (Å²) < 4.78 is 18.4. The Morgan fingerprint density at radius 3 is 2.63 bits per heavy atom. The lowest BCUT2D eigenvalue weighted by Crippen LogP contribution is -2.24. The van der Waals surface area contributed by atoms with Gasteiger partial charge in [-0.2, -0.15) is 5.26 Å². The number of aryl methyl sites for hydroxylation is 1. The van der Waals surface area contributed by atoms with Gasteiger partial charge in [0.1, 0.15) is 29.2 Å². The van der Waals surface area contributed by atoms with Gasteiger partial charge in [0, 0.05) is 17.1 Å². The molecule has 0 unspecified atom stereocenters. The third-order valence-electron chi connectivity index (χ3n) is 5.93. The van der Waals surface area contributed by atoms with Crippen molar-refractivity contribution >= 4 is 22.2 Å². The average Bonchev–Trinajstić information content (AvgIpc) is 3.22. The monoisotopic (exact) mass is 493 g/mol. The number of aromatic nitrogens is 1. The highest BCUT2D eigenvalue weighted by Gasteiger charge is 2.22. The van der Waals surface area contributed by atoms with Crippen LogP contribution in [0.25, 0.3) is 0 Å². The fourth-order valence-corrected chi connectivity index (χ4v) is 5.33. The summed E-state index contributed by atoms with van der Waals surface area (Å²) >= 11 is 1.46. The number of hydrogen-bond acceptors (Lipinski definition) is 7. The van der Waals surface area contributed by atoms with Gasteiger partial charge in [0.2, 0.25) is 5.43 Å². The first-order valence-electron chi connectivity index (χ1n) is 11.4. The lowest BCUT2D eigenvalue weighted by molar-refractivity contribution is -0.118. The lowest BCUT2D eigenvalue weighted by Gasteiger charge is -2.15. The molecule has 0 saturated heterocycles. The highest BCUT2D eigenvalue weighted by molar-refractivity contribution is 7.16. The number of thiophene rings is 1. The summed E-state index contributed by atoms with van der Waals surface area (Å²) in [5, 5.41) is 12.9. The van der Waals surface area contributed by atoms with E-state index in [2.05, 4.69) is 11.4 Å². The zero-order valence-corrected chi connectivity index (χ0v) is 20.6. The van der Waals surface area contributed by atoms with E-state index in [-0.39, 0.29) is 17.8 Å². The van der Waals surface area contributed by atoms with Crippen LogP contribution < -0.4 is 25.0 Å². The molecule has 182 valence electrons. The molecule has 0 atom stereocenters. The highest BCUT2D eigenvalue weighted by Crippen LogP contribution is 2.37. The maximum absolute atomic E-state index is 12.6. The Kier molecular flexibility index (Phi) is 7.73. The van der Waals surface area contributed by atoms with Gasteiger partial charge in [-0.25, -0.2) is 0 Å². The number of nitrogens with one attached hydrogen (secondary N) is 1. The Morgan fingerprint density at radius 1 is 1.14 bits per heavy atom. The molecule has 2 aromatic heterocycles. The molecular formula is C26H27N3O5S. The number of carbonyl (C=O) groups excluding carboxylic acids is 1. The first kappa shape index (κ1) is 24.4. The minimum absolute atomic E-state index is 0.123. The Bertz CT molecular complexity index is 1300. The van der Waals surface area contributed by atoms with E-state index in [1.807, 2.05) is 28.8 Å². The predicted octanol–water partition coefficient (Wildman–Crippen LogP) is 4.07. The molecular weight excluding hydrogens is 466 g/mol. The van der Waals surface area contributed by atoms with Crippen LogP contribution in [-0.4, -0.2) is 30.8 Å². The van der Waals surface area contributed by atoms with Gasteiger partial charge in [-0.1, -0.05) is 0 Å². The molecule has 1 aliphatic rings. The van der Waals surface area contributed by atoms with Gasteiger partial charge in [0.05, 0.1) is 24.9 Å². The van der Waals surface area contributed by atoms with Crippen LogP contribution in [0.2, 0.25) is 0 Å². The van der Waals surface area contributed by atoms with Gasteiger partial charge in [-0.3, -0.25) is 9.59 Å². The molecule has 0 aliphatic heterocycles. The van der Waals surface area contributed by atoms with Gasteiger partial charge in [0.25, 0.3) is 5.91 Å². The van der Waals surface area contributed by atoms with Crippen molar-refractivity contribution in [3.8, 4) is 23.3 Å². The van der Waals surface area contributed by atoms with Gasteiger partial charge >= 0.3 is 0 Å². The third-order valence-corrected chi connectivity index (χ3v) is 7.14. The summed E-state index contributed by atoms with van der Waals surface area (Å²) in [4.78, 5) is 26.1. The van der Waals surface area contributed by atoms with Crippen LogP contribution in [0.4, 0.5) is 5.00 Å². The molecule has 2 heterocycles. The maximum Gasteiger partial charge on any atom is 0.262 e. The minimum atomic E-state index is -0.405. The summed E-state index contributed by atoms with van der Waals surface area (Å²) in [6.45, 7) is 2.32. The minimum Gasteiger partial charge on any atom is -0.497 e. The van der Waals surface area contributed by atoms with Crippen molar-refractivity contribution in [2.24, 2.45) is 0 Å². The van der Waals surface area contributed by atoms with Crippen LogP contribution in [0.5, 0.6) is 17.2 Å². The number of nitriles is 1. The Labute approximate surface area is 207 Å². The second kappa shape index (κ2) is 11.1. The number of amides is 1. The number of pyridine rings is 1. The van der Waals surface area contributed by atoms with E-state index in [1.165, 1.54) is 22.3 Å². The Morgan fingerprint density at radius 2 is 1.89 bits per heavy atom. The molecule has 35 heavy (non-hydrogen) atoms. The zero-order valence-electron chi connectivity index (χ0n) is 19.8. The smallest absolute Gasteiger partial charge is 0.262 e. The van der Waals surface area contributed by atoms with Crippen molar-refractivity contribution < 1.29 is 19.0 Å². The number of fused-ring (bicyclic) bond motifs is 1. The largest absolute Gasteiger partial charge is 0.497 e. The summed E-state index contributed by atoms with van der Waals surface area (Å²) in [5.41, 5.74) is 1.91. The van der Waals surface area contributed by atoms with E-state index in [4.69, 9.17) is 14.2 Å². The molecule has 3 aromatic rings. The van der Waals surface area contributed by atoms with Crippen LogP contribution in [-0.2, 0) is 24.2 Å². The number of methoxy groups -OCH3 is 1. The van der Waals surface area contributed by atoms with E-state index in [9.17, 15) is 14.9 Å². The van der Waals surface area contributed by atoms with Gasteiger partial charge in [-0.15, -0.1) is 11.3 Å². The van der Waals surface area contributed by atoms with E-state index in [0.29, 0.717) is 35.2 Å². The van der Waals surface area contributed by atoms with E-state index in [0.717, 1.165) is 37.0 Å². The van der Waals surface area contributed by atoms with Crippen molar-refractivity contribution in [2.45, 2.75) is 39.2 Å². The van der Waals surface area contributed by atoms with Crippen LogP contribution >= 0.6 is 11.3 Å². The Hall–Kier alpha value is -3.77. The van der Waals surface area contributed by atoms with E-state index < -0.39 is 5.91 Å². The molecule has 0 saturated carbocycles. The highest BCUT2D eigenvalue weighted by atomic mass is 32.1. The molecule has 9 heteroatoms. The van der Waals surface area contributed by atoms with Gasteiger partial charge < -0.3 is 24.1 Å². The molecule has 0 fully saturated rings. The molecule has 8 nitrogen and oxygen atoms in total. The fraction of sp³-hybridized carbons (Fsp3) is 0.346. The van der Waals surface area contributed by atoms with Crippen LogP contribution in [0.1, 0.15) is 34.5 Å². The third kappa shape index (κ3) is 5.66. The zero-order chi connectivity index (χ0) is 24.8. The van der Waals surface area contributed by atoms with E-state index in [1.54, 1.807) is 20.2 Å². The van der Waals surface area contributed by atoms with Crippen molar-refractivity contribution in [1.29, 1.82) is 5.26 Å². The van der Waals surface area contributed by atoms with Crippen molar-refractivity contribution in [2.75, 3.05) is 25.6 Å². The van der Waals surface area contributed by atoms with Crippen LogP contribution in [0.15, 0.2) is 41.3 Å². The van der Waals surface area contributed by atoms with Crippen molar-refractivity contribution in [3.63, 3.8) is 0 Å². The summed E-state index contributed by atoms with van der Waals surface area (Å²) in [7, 11) is 1.61.